The van der Waals surface area contributed by atoms with Crippen LogP contribution in [-0.2, 0) is 6.42 Å². The zero-order valence-corrected chi connectivity index (χ0v) is 11.7. The second kappa shape index (κ2) is 6.13. The molecular weight excluding hydrogens is 284 g/mol. The van der Waals surface area contributed by atoms with E-state index in [4.69, 9.17) is 5.73 Å². The number of hydrogen-bond acceptors (Lipinski definition) is 3. The van der Waals surface area contributed by atoms with Crippen molar-refractivity contribution in [2.45, 2.75) is 13.3 Å². The minimum absolute atomic E-state index is 0. The molecule has 2 rings (SSSR count). The van der Waals surface area contributed by atoms with Gasteiger partial charge in [0.05, 0.1) is 5.69 Å². The van der Waals surface area contributed by atoms with E-state index >= 15 is 0 Å². The summed E-state index contributed by atoms with van der Waals surface area (Å²) in [6.45, 7) is 2.75. The van der Waals surface area contributed by atoms with E-state index in [9.17, 15) is 0 Å². The molecule has 4 heteroatoms. The highest BCUT2D eigenvalue weighted by molar-refractivity contribution is 8.93. The molecule has 0 aliphatic rings. The lowest BCUT2D eigenvalue weighted by Gasteiger charge is -1.96. The van der Waals surface area contributed by atoms with E-state index in [1.165, 1.54) is 11.1 Å². The molecule has 0 atom stereocenters. The molecule has 16 heavy (non-hydrogen) atoms. The lowest BCUT2D eigenvalue weighted by molar-refractivity contribution is 0.936. The Morgan fingerprint density at radius 1 is 1.25 bits per heavy atom. The Morgan fingerprint density at radius 2 is 1.94 bits per heavy atom. The van der Waals surface area contributed by atoms with E-state index in [0.717, 1.165) is 17.1 Å². The van der Waals surface area contributed by atoms with Crippen molar-refractivity contribution in [1.29, 1.82) is 0 Å². The summed E-state index contributed by atoms with van der Waals surface area (Å²) in [5, 5.41) is 3.17. The maximum absolute atomic E-state index is 5.49. The number of hydrogen-bond donors (Lipinski definition) is 1. The first-order chi connectivity index (χ1) is 7.29. The van der Waals surface area contributed by atoms with Crippen LogP contribution in [-0.4, -0.2) is 11.5 Å². The lowest BCUT2D eigenvalue weighted by Crippen LogP contribution is -2.02. The molecule has 1 aromatic carbocycles. The van der Waals surface area contributed by atoms with E-state index < -0.39 is 0 Å². The second-order valence-electron chi connectivity index (χ2n) is 3.55. The van der Waals surface area contributed by atoms with Crippen LogP contribution in [0.15, 0.2) is 29.6 Å². The van der Waals surface area contributed by atoms with Crippen molar-refractivity contribution in [3.8, 4) is 10.6 Å². The molecular formula is C12H15BrN2S. The van der Waals surface area contributed by atoms with Gasteiger partial charge in [-0.3, -0.25) is 0 Å². The highest BCUT2D eigenvalue weighted by Crippen LogP contribution is 2.23. The maximum Gasteiger partial charge on any atom is 0.123 e. The van der Waals surface area contributed by atoms with E-state index in [-0.39, 0.29) is 17.0 Å². The van der Waals surface area contributed by atoms with Crippen LogP contribution in [0.1, 0.15) is 11.3 Å². The van der Waals surface area contributed by atoms with Crippen LogP contribution in [0.2, 0.25) is 0 Å². The van der Waals surface area contributed by atoms with E-state index in [2.05, 4.69) is 41.6 Å². The average molecular weight is 299 g/mol. The summed E-state index contributed by atoms with van der Waals surface area (Å²) < 4.78 is 0. The fourth-order valence-electron chi connectivity index (χ4n) is 1.40. The van der Waals surface area contributed by atoms with Crippen LogP contribution >= 0.6 is 28.3 Å². The first-order valence-corrected chi connectivity index (χ1v) is 5.89. The second-order valence-corrected chi connectivity index (χ2v) is 4.41. The van der Waals surface area contributed by atoms with Crippen molar-refractivity contribution in [3.05, 3.63) is 40.9 Å². The van der Waals surface area contributed by atoms with Crippen LogP contribution < -0.4 is 5.73 Å². The van der Waals surface area contributed by atoms with Gasteiger partial charge in [0.1, 0.15) is 5.01 Å². The zero-order chi connectivity index (χ0) is 10.7. The molecule has 86 valence electrons. The topological polar surface area (TPSA) is 38.9 Å². The van der Waals surface area contributed by atoms with Gasteiger partial charge in [-0.15, -0.1) is 28.3 Å². The largest absolute Gasteiger partial charge is 0.330 e. The third-order valence-electron chi connectivity index (χ3n) is 2.25. The SMILES string of the molecule is Br.Cc1ccc(-c2nc(CCN)cs2)cc1. The first kappa shape index (κ1) is 13.4. The summed E-state index contributed by atoms with van der Waals surface area (Å²) in [5.74, 6) is 0. The molecule has 2 aromatic rings. The summed E-state index contributed by atoms with van der Waals surface area (Å²) >= 11 is 1.68. The smallest absolute Gasteiger partial charge is 0.123 e. The van der Waals surface area contributed by atoms with Crippen molar-refractivity contribution >= 4 is 28.3 Å². The van der Waals surface area contributed by atoms with E-state index in [0.29, 0.717) is 6.54 Å². The van der Waals surface area contributed by atoms with Gasteiger partial charge < -0.3 is 5.73 Å². The molecule has 0 unspecified atom stereocenters. The van der Waals surface area contributed by atoms with Crippen molar-refractivity contribution in [3.63, 3.8) is 0 Å². The van der Waals surface area contributed by atoms with Crippen molar-refractivity contribution in [1.82, 2.24) is 4.98 Å². The molecule has 1 heterocycles. The van der Waals surface area contributed by atoms with Crippen molar-refractivity contribution < 1.29 is 0 Å². The molecule has 0 bridgehead atoms. The molecule has 0 radical (unpaired) electrons. The van der Waals surface area contributed by atoms with Gasteiger partial charge in [0.15, 0.2) is 0 Å². The molecule has 2 N–H and O–H groups in total. The maximum atomic E-state index is 5.49. The monoisotopic (exact) mass is 298 g/mol. The summed E-state index contributed by atoms with van der Waals surface area (Å²) in [6, 6.07) is 8.44. The third-order valence-corrected chi connectivity index (χ3v) is 3.19. The molecule has 2 nitrogen and oxygen atoms in total. The summed E-state index contributed by atoms with van der Waals surface area (Å²) in [4.78, 5) is 4.54. The minimum Gasteiger partial charge on any atom is -0.330 e. The average Bonchev–Trinajstić information content (AvgIpc) is 2.68. The molecule has 0 saturated carbocycles. The van der Waals surface area contributed by atoms with Gasteiger partial charge in [-0.25, -0.2) is 4.98 Å². The fourth-order valence-corrected chi connectivity index (χ4v) is 2.26. The Morgan fingerprint density at radius 3 is 2.56 bits per heavy atom. The molecule has 0 amide bonds. The Bertz CT molecular complexity index is 437. The minimum atomic E-state index is 0. The van der Waals surface area contributed by atoms with Gasteiger partial charge in [0.25, 0.3) is 0 Å². The van der Waals surface area contributed by atoms with Crippen molar-refractivity contribution in [2.75, 3.05) is 6.54 Å². The standard InChI is InChI=1S/C12H14N2S.BrH/c1-9-2-4-10(5-3-9)12-14-11(6-7-13)8-15-12;/h2-5,8H,6-7,13H2,1H3;1H. The van der Waals surface area contributed by atoms with Gasteiger partial charge in [-0.1, -0.05) is 29.8 Å². The quantitative estimate of drug-likeness (QED) is 0.945. The fraction of sp³-hybridized carbons (Fsp3) is 0.250. The summed E-state index contributed by atoms with van der Waals surface area (Å²) in [7, 11) is 0. The number of aromatic nitrogens is 1. The highest BCUT2D eigenvalue weighted by atomic mass is 79.9. The molecule has 0 saturated heterocycles. The van der Waals surface area contributed by atoms with Crippen LogP contribution in [0, 0.1) is 6.92 Å². The summed E-state index contributed by atoms with van der Waals surface area (Å²) in [5.41, 5.74) is 9.05. The molecule has 0 spiro atoms. The van der Waals surface area contributed by atoms with Crippen LogP contribution in [0.3, 0.4) is 0 Å². The predicted molar refractivity (Wildman–Crippen MR) is 75.4 cm³/mol. The number of rotatable bonds is 3. The lowest BCUT2D eigenvalue weighted by atomic mass is 10.2. The number of nitrogens with zero attached hydrogens (tertiary/aromatic N) is 1. The highest BCUT2D eigenvalue weighted by Gasteiger charge is 2.03. The zero-order valence-electron chi connectivity index (χ0n) is 9.14. The van der Waals surface area contributed by atoms with Gasteiger partial charge in [-0.2, -0.15) is 0 Å². The Hall–Kier alpha value is -0.710. The normalized spacial score (nSPS) is 9.88. The first-order valence-electron chi connectivity index (χ1n) is 5.01. The number of aryl methyl sites for hydroxylation is 1. The Balaban J connectivity index is 0.00000128. The van der Waals surface area contributed by atoms with Crippen LogP contribution in [0.25, 0.3) is 10.6 Å². The number of benzene rings is 1. The summed E-state index contributed by atoms with van der Waals surface area (Å²) in [6.07, 6.45) is 0.863. The van der Waals surface area contributed by atoms with Crippen LogP contribution in [0.4, 0.5) is 0 Å². The van der Waals surface area contributed by atoms with Gasteiger partial charge in [0, 0.05) is 17.4 Å². The van der Waals surface area contributed by atoms with Crippen LogP contribution in [0.5, 0.6) is 0 Å². The third kappa shape index (κ3) is 3.14. The van der Waals surface area contributed by atoms with E-state index in [1.807, 2.05) is 0 Å². The Labute approximate surface area is 110 Å². The van der Waals surface area contributed by atoms with Crippen molar-refractivity contribution in [2.24, 2.45) is 5.73 Å². The van der Waals surface area contributed by atoms with Gasteiger partial charge in [0.2, 0.25) is 0 Å². The molecule has 0 fully saturated rings. The molecule has 0 aliphatic heterocycles. The van der Waals surface area contributed by atoms with E-state index in [1.54, 1.807) is 11.3 Å². The predicted octanol–water partition coefficient (Wildman–Crippen LogP) is 3.20. The molecule has 0 aliphatic carbocycles. The number of halogens is 1. The number of nitrogens with two attached hydrogens (primary N) is 1. The number of thiazole rings is 1. The molecule has 1 aromatic heterocycles. The Kier molecular flexibility index (Phi) is 5.12. The van der Waals surface area contributed by atoms with Gasteiger partial charge in [-0.05, 0) is 13.5 Å². The van der Waals surface area contributed by atoms with Gasteiger partial charge >= 0.3 is 0 Å².